The largest absolute Gasteiger partial charge is 0.466 e. The predicted octanol–water partition coefficient (Wildman–Crippen LogP) is 3.37. The Balaban J connectivity index is 2.08. The van der Waals surface area contributed by atoms with Crippen LogP contribution in [-0.2, 0) is 0 Å². The van der Waals surface area contributed by atoms with Crippen molar-refractivity contribution in [2.45, 2.75) is 38.6 Å². The average Bonchev–Trinajstić information content (AvgIpc) is 2.69. The van der Waals surface area contributed by atoms with Gasteiger partial charge in [-0.15, -0.1) is 0 Å². The van der Waals surface area contributed by atoms with Gasteiger partial charge in [-0.25, -0.2) is 5.43 Å². The van der Waals surface area contributed by atoms with Gasteiger partial charge in [0.2, 0.25) is 0 Å². The maximum Gasteiger partial charge on any atom is 0.136 e. The Labute approximate surface area is 105 Å². The van der Waals surface area contributed by atoms with E-state index in [4.69, 9.17) is 10.3 Å². The number of nitrogens with one attached hydrogen (secondary N) is 1. The average molecular weight is 287 g/mol. The standard InChI is InChI=1S/C12H19BrN2O/c1-8-2-4-9(5-3-8)11(15-14)12-10(13)6-7-16-12/h6-9,11,15H,2-5,14H2,1H3. The van der Waals surface area contributed by atoms with Gasteiger partial charge in [0.15, 0.2) is 0 Å². The predicted molar refractivity (Wildman–Crippen MR) is 67.6 cm³/mol. The Morgan fingerprint density at radius 3 is 2.62 bits per heavy atom. The molecule has 1 aliphatic carbocycles. The SMILES string of the molecule is CC1CCC(C(NN)c2occc2Br)CC1. The molecule has 1 fully saturated rings. The lowest BCUT2D eigenvalue weighted by molar-refractivity contribution is 0.213. The third kappa shape index (κ3) is 2.50. The third-order valence-electron chi connectivity index (χ3n) is 3.64. The van der Waals surface area contributed by atoms with Crippen LogP contribution in [0.3, 0.4) is 0 Å². The quantitative estimate of drug-likeness (QED) is 0.662. The smallest absolute Gasteiger partial charge is 0.136 e. The van der Waals surface area contributed by atoms with Crippen molar-refractivity contribution in [3.05, 3.63) is 22.6 Å². The van der Waals surface area contributed by atoms with Crippen molar-refractivity contribution in [2.75, 3.05) is 0 Å². The van der Waals surface area contributed by atoms with Crippen molar-refractivity contribution in [3.63, 3.8) is 0 Å². The molecule has 1 aliphatic rings. The van der Waals surface area contributed by atoms with E-state index in [-0.39, 0.29) is 6.04 Å². The zero-order valence-corrected chi connectivity index (χ0v) is 11.2. The summed E-state index contributed by atoms with van der Waals surface area (Å²) in [4.78, 5) is 0. The van der Waals surface area contributed by atoms with Gasteiger partial charge in [-0.3, -0.25) is 5.84 Å². The van der Waals surface area contributed by atoms with E-state index in [0.29, 0.717) is 5.92 Å². The number of hydrogen-bond acceptors (Lipinski definition) is 3. The maximum atomic E-state index is 5.67. The zero-order valence-electron chi connectivity index (χ0n) is 9.58. The van der Waals surface area contributed by atoms with E-state index in [0.717, 1.165) is 16.2 Å². The highest BCUT2D eigenvalue weighted by Gasteiger charge is 2.29. The molecule has 1 aromatic heterocycles. The van der Waals surface area contributed by atoms with Gasteiger partial charge in [0, 0.05) is 0 Å². The van der Waals surface area contributed by atoms with Crippen LogP contribution < -0.4 is 11.3 Å². The molecule has 1 heterocycles. The summed E-state index contributed by atoms with van der Waals surface area (Å²) < 4.78 is 6.52. The Hall–Kier alpha value is -0.320. The number of furan rings is 1. The molecule has 1 unspecified atom stereocenters. The van der Waals surface area contributed by atoms with Crippen LogP contribution >= 0.6 is 15.9 Å². The van der Waals surface area contributed by atoms with Crippen molar-refractivity contribution in [1.82, 2.24) is 5.43 Å². The molecule has 1 saturated carbocycles. The van der Waals surface area contributed by atoms with E-state index in [1.807, 2.05) is 6.07 Å². The molecule has 90 valence electrons. The second-order valence-corrected chi connectivity index (χ2v) is 5.65. The fraction of sp³-hybridized carbons (Fsp3) is 0.667. The van der Waals surface area contributed by atoms with Crippen LogP contribution in [0.15, 0.2) is 21.2 Å². The van der Waals surface area contributed by atoms with Gasteiger partial charge in [0.25, 0.3) is 0 Å². The summed E-state index contributed by atoms with van der Waals surface area (Å²) >= 11 is 3.50. The van der Waals surface area contributed by atoms with Gasteiger partial charge >= 0.3 is 0 Å². The highest BCUT2D eigenvalue weighted by atomic mass is 79.9. The first-order valence-corrected chi connectivity index (χ1v) is 6.70. The monoisotopic (exact) mass is 286 g/mol. The van der Waals surface area contributed by atoms with Crippen LogP contribution in [0.5, 0.6) is 0 Å². The number of nitrogens with two attached hydrogens (primary N) is 1. The lowest BCUT2D eigenvalue weighted by Crippen LogP contribution is -2.35. The first-order valence-electron chi connectivity index (χ1n) is 5.91. The molecule has 0 spiro atoms. The van der Waals surface area contributed by atoms with E-state index in [1.54, 1.807) is 6.26 Å². The molecule has 4 heteroatoms. The van der Waals surface area contributed by atoms with Crippen molar-refractivity contribution >= 4 is 15.9 Å². The molecular weight excluding hydrogens is 268 g/mol. The molecule has 1 aromatic rings. The first kappa shape index (κ1) is 12.1. The number of halogens is 1. The topological polar surface area (TPSA) is 51.2 Å². The van der Waals surface area contributed by atoms with Crippen LogP contribution in [-0.4, -0.2) is 0 Å². The molecule has 16 heavy (non-hydrogen) atoms. The fourth-order valence-corrected chi connectivity index (χ4v) is 3.02. The minimum atomic E-state index is 0.136. The molecule has 0 aliphatic heterocycles. The van der Waals surface area contributed by atoms with Crippen LogP contribution in [0.1, 0.15) is 44.4 Å². The summed E-state index contributed by atoms with van der Waals surface area (Å²) in [6, 6.07) is 2.06. The summed E-state index contributed by atoms with van der Waals surface area (Å²) in [5.74, 6) is 8.04. The van der Waals surface area contributed by atoms with Crippen molar-refractivity contribution < 1.29 is 4.42 Å². The Morgan fingerprint density at radius 2 is 2.12 bits per heavy atom. The summed E-state index contributed by atoms with van der Waals surface area (Å²) in [5, 5.41) is 0. The van der Waals surface area contributed by atoms with E-state index in [1.165, 1.54) is 25.7 Å². The minimum Gasteiger partial charge on any atom is -0.466 e. The summed E-state index contributed by atoms with van der Waals surface area (Å²) in [5.41, 5.74) is 2.91. The van der Waals surface area contributed by atoms with E-state index in [9.17, 15) is 0 Å². The fourth-order valence-electron chi connectivity index (χ4n) is 2.57. The van der Waals surface area contributed by atoms with Crippen molar-refractivity contribution in [1.29, 1.82) is 0 Å². The summed E-state index contributed by atoms with van der Waals surface area (Å²) in [6.45, 7) is 2.32. The highest BCUT2D eigenvalue weighted by Crippen LogP contribution is 2.38. The van der Waals surface area contributed by atoms with E-state index in [2.05, 4.69) is 28.3 Å². The first-order chi connectivity index (χ1) is 7.72. The van der Waals surface area contributed by atoms with Gasteiger partial charge in [-0.05, 0) is 46.7 Å². The lowest BCUT2D eigenvalue weighted by Gasteiger charge is -2.31. The lowest BCUT2D eigenvalue weighted by atomic mass is 9.79. The molecule has 2 rings (SSSR count). The van der Waals surface area contributed by atoms with Gasteiger partial charge in [0.1, 0.15) is 5.76 Å². The molecule has 3 N–H and O–H groups in total. The van der Waals surface area contributed by atoms with Gasteiger partial charge in [-0.1, -0.05) is 19.8 Å². The Kier molecular flexibility index (Phi) is 4.05. The Morgan fingerprint density at radius 1 is 1.44 bits per heavy atom. The second-order valence-electron chi connectivity index (χ2n) is 4.80. The number of hydrogen-bond donors (Lipinski definition) is 2. The Bertz CT molecular complexity index is 332. The van der Waals surface area contributed by atoms with Crippen LogP contribution in [0.4, 0.5) is 0 Å². The minimum absolute atomic E-state index is 0.136. The van der Waals surface area contributed by atoms with Crippen LogP contribution in [0.25, 0.3) is 0 Å². The molecule has 0 aromatic carbocycles. The highest BCUT2D eigenvalue weighted by molar-refractivity contribution is 9.10. The van der Waals surface area contributed by atoms with Gasteiger partial charge in [0.05, 0.1) is 16.8 Å². The second kappa shape index (κ2) is 5.34. The summed E-state index contributed by atoms with van der Waals surface area (Å²) in [6.07, 6.45) is 6.74. The maximum absolute atomic E-state index is 5.67. The molecule has 0 bridgehead atoms. The van der Waals surface area contributed by atoms with Crippen LogP contribution in [0, 0.1) is 11.8 Å². The van der Waals surface area contributed by atoms with E-state index >= 15 is 0 Å². The van der Waals surface area contributed by atoms with Gasteiger partial charge in [-0.2, -0.15) is 0 Å². The molecule has 0 saturated heterocycles. The normalized spacial score (nSPS) is 27.9. The zero-order chi connectivity index (χ0) is 11.5. The van der Waals surface area contributed by atoms with Crippen molar-refractivity contribution in [3.8, 4) is 0 Å². The molecule has 3 nitrogen and oxygen atoms in total. The van der Waals surface area contributed by atoms with E-state index < -0.39 is 0 Å². The summed E-state index contributed by atoms with van der Waals surface area (Å²) in [7, 11) is 0. The third-order valence-corrected chi connectivity index (χ3v) is 4.29. The van der Waals surface area contributed by atoms with Crippen molar-refractivity contribution in [2.24, 2.45) is 17.7 Å². The van der Waals surface area contributed by atoms with Crippen LogP contribution in [0.2, 0.25) is 0 Å². The molecule has 0 radical (unpaired) electrons. The molecule has 1 atom stereocenters. The molecule has 0 amide bonds. The van der Waals surface area contributed by atoms with Gasteiger partial charge < -0.3 is 4.42 Å². The number of rotatable bonds is 3. The molecular formula is C12H19BrN2O. The number of hydrazine groups is 1.